The summed E-state index contributed by atoms with van der Waals surface area (Å²) < 4.78 is 1.87. The molecule has 0 saturated carbocycles. The normalized spacial score (nSPS) is 10.4. The van der Waals surface area contributed by atoms with Crippen LogP contribution in [0.25, 0.3) is 0 Å². The van der Waals surface area contributed by atoms with Gasteiger partial charge in [0.05, 0.1) is 6.54 Å². The fourth-order valence-electron chi connectivity index (χ4n) is 2.32. The summed E-state index contributed by atoms with van der Waals surface area (Å²) in [5.41, 5.74) is 3.80. The second kappa shape index (κ2) is 7.41. The maximum Gasteiger partial charge on any atom is 0.319 e. The van der Waals surface area contributed by atoms with Crippen LogP contribution in [0.4, 0.5) is 10.5 Å². The van der Waals surface area contributed by atoms with Crippen molar-refractivity contribution in [2.75, 3.05) is 5.32 Å². The maximum atomic E-state index is 11.9. The number of hydrogen-bond donors (Lipinski definition) is 2. The third-order valence-electron chi connectivity index (χ3n) is 3.53. The fourth-order valence-corrected chi connectivity index (χ4v) is 2.32. The molecule has 6 heteroatoms. The van der Waals surface area contributed by atoms with E-state index in [9.17, 15) is 4.79 Å². The number of carbonyl (C=O) groups is 1. The lowest BCUT2D eigenvalue weighted by Crippen LogP contribution is -2.28. The van der Waals surface area contributed by atoms with E-state index in [1.807, 2.05) is 54.2 Å². The first-order chi connectivity index (χ1) is 11.7. The van der Waals surface area contributed by atoms with E-state index in [1.54, 1.807) is 18.5 Å². The van der Waals surface area contributed by atoms with Crippen LogP contribution in [0.1, 0.15) is 16.8 Å². The molecule has 0 bridgehead atoms. The van der Waals surface area contributed by atoms with Crippen molar-refractivity contribution >= 4 is 11.7 Å². The van der Waals surface area contributed by atoms with Crippen molar-refractivity contribution < 1.29 is 4.79 Å². The van der Waals surface area contributed by atoms with E-state index in [0.717, 1.165) is 23.5 Å². The van der Waals surface area contributed by atoms with Crippen molar-refractivity contribution in [1.29, 1.82) is 0 Å². The first kappa shape index (κ1) is 15.7. The van der Waals surface area contributed by atoms with E-state index in [4.69, 9.17) is 0 Å². The average Bonchev–Trinajstić information content (AvgIpc) is 3.07. The van der Waals surface area contributed by atoms with Gasteiger partial charge in [0.15, 0.2) is 0 Å². The van der Waals surface area contributed by atoms with Crippen molar-refractivity contribution in [3.63, 3.8) is 0 Å². The third kappa shape index (κ3) is 4.42. The number of rotatable bonds is 5. The summed E-state index contributed by atoms with van der Waals surface area (Å²) in [5, 5.41) is 9.82. The fraction of sp³-hybridized carbons (Fsp3) is 0.167. The first-order valence-corrected chi connectivity index (χ1v) is 7.72. The van der Waals surface area contributed by atoms with Crippen LogP contribution in [-0.2, 0) is 13.1 Å². The Kier molecular flexibility index (Phi) is 4.86. The topological polar surface area (TPSA) is 71.8 Å². The highest BCUT2D eigenvalue weighted by atomic mass is 16.2. The molecule has 0 radical (unpaired) electrons. The van der Waals surface area contributed by atoms with Gasteiger partial charge in [0.2, 0.25) is 0 Å². The molecule has 2 aromatic heterocycles. The minimum atomic E-state index is -0.235. The lowest BCUT2D eigenvalue weighted by atomic mass is 10.1. The first-order valence-electron chi connectivity index (χ1n) is 7.72. The lowest BCUT2D eigenvalue weighted by molar-refractivity contribution is 0.251. The highest BCUT2D eigenvalue weighted by Gasteiger charge is 2.03. The van der Waals surface area contributed by atoms with E-state index in [1.165, 1.54) is 5.56 Å². The summed E-state index contributed by atoms with van der Waals surface area (Å²) in [4.78, 5) is 16.0. The Morgan fingerprint density at radius 1 is 1.12 bits per heavy atom. The number of amides is 2. The molecule has 0 aliphatic rings. The van der Waals surface area contributed by atoms with Gasteiger partial charge in [0.1, 0.15) is 0 Å². The summed E-state index contributed by atoms with van der Waals surface area (Å²) in [7, 11) is 0. The standard InChI is InChI=1S/C18H19N5O/c1-14-11-17(7-9-19-14)22-18(24)20-12-15-3-5-16(6-4-15)13-23-10-2-8-21-23/h2-11H,12-13H2,1H3,(H2,19,20,22,24). The number of anilines is 1. The zero-order valence-corrected chi connectivity index (χ0v) is 13.4. The van der Waals surface area contributed by atoms with Crippen LogP contribution >= 0.6 is 0 Å². The molecule has 2 heterocycles. The molecule has 122 valence electrons. The third-order valence-corrected chi connectivity index (χ3v) is 3.53. The number of nitrogens with zero attached hydrogens (tertiary/aromatic N) is 3. The van der Waals surface area contributed by atoms with Crippen molar-refractivity contribution in [2.45, 2.75) is 20.0 Å². The van der Waals surface area contributed by atoms with Crippen molar-refractivity contribution in [3.05, 3.63) is 77.9 Å². The van der Waals surface area contributed by atoms with Crippen LogP contribution in [-0.4, -0.2) is 20.8 Å². The molecular weight excluding hydrogens is 302 g/mol. The van der Waals surface area contributed by atoms with Gasteiger partial charge < -0.3 is 10.6 Å². The van der Waals surface area contributed by atoms with E-state index < -0.39 is 0 Å². The van der Waals surface area contributed by atoms with Crippen LogP contribution in [0, 0.1) is 6.92 Å². The molecule has 2 N–H and O–H groups in total. The molecule has 0 aliphatic carbocycles. The summed E-state index contributed by atoms with van der Waals surface area (Å²) in [6.45, 7) is 3.09. The molecule has 0 spiro atoms. The number of carbonyl (C=O) groups excluding carboxylic acids is 1. The van der Waals surface area contributed by atoms with E-state index >= 15 is 0 Å². The lowest BCUT2D eigenvalue weighted by Gasteiger charge is -2.09. The number of hydrogen-bond acceptors (Lipinski definition) is 3. The molecule has 2 amide bonds. The van der Waals surface area contributed by atoms with Gasteiger partial charge >= 0.3 is 6.03 Å². The highest BCUT2D eigenvalue weighted by Crippen LogP contribution is 2.08. The van der Waals surface area contributed by atoms with E-state index in [0.29, 0.717) is 6.54 Å². The summed E-state index contributed by atoms with van der Waals surface area (Å²) in [6.07, 6.45) is 5.37. The molecule has 0 saturated heterocycles. The summed E-state index contributed by atoms with van der Waals surface area (Å²) >= 11 is 0. The smallest absolute Gasteiger partial charge is 0.319 e. The average molecular weight is 321 g/mol. The van der Waals surface area contributed by atoms with Gasteiger partial charge in [-0.1, -0.05) is 24.3 Å². The zero-order chi connectivity index (χ0) is 16.8. The predicted molar refractivity (Wildman–Crippen MR) is 92.6 cm³/mol. The van der Waals surface area contributed by atoms with Crippen LogP contribution < -0.4 is 10.6 Å². The monoisotopic (exact) mass is 321 g/mol. The van der Waals surface area contributed by atoms with E-state index in [-0.39, 0.29) is 6.03 Å². The van der Waals surface area contributed by atoms with Crippen LogP contribution in [0.2, 0.25) is 0 Å². The largest absolute Gasteiger partial charge is 0.334 e. The number of urea groups is 1. The van der Waals surface area contributed by atoms with Gasteiger partial charge in [0, 0.05) is 36.5 Å². The Bertz CT molecular complexity index is 797. The van der Waals surface area contributed by atoms with Gasteiger partial charge in [-0.05, 0) is 36.2 Å². The molecular formula is C18H19N5O. The molecule has 0 unspecified atom stereocenters. The van der Waals surface area contributed by atoms with Gasteiger partial charge in [0.25, 0.3) is 0 Å². The van der Waals surface area contributed by atoms with Gasteiger partial charge in [-0.25, -0.2) is 4.79 Å². The number of aryl methyl sites for hydroxylation is 1. The Morgan fingerprint density at radius 3 is 2.62 bits per heavy atom. The minimum absolute atomic E-state index is 0.235. The Hall–Kier alpha value is -3.15. The second-order valence-electron chi connectivity index (χ2n) is 5.51. The Balaban J connectivity index is 1.50. The molecule has 0 aliphatic heterocycles. The molecule has 0 atom stereocenters. The Morgan fingerprint density at radius 2 is 1.92 bits per heavy atom. The highest BCUT2D eigenvalue weighted by molar-refractivity contribution is 5.89. The Labute approximate surface area is 140 Å². The quantitative estimate of drug-likeness (QED) is 0.759. The maximum absolute atomic E-state index is 11.9. The number of benzene rings is 1. The predicted octanol–water partition coefficient (Wildman–Crippen LogP) is 2.96. The van der Waals surface area contributed by atoms with E-state index in [2.05, 4.69) is 20.7 Å². The number of pyridine rings is 1. The number of nitrogens with one attached hydrogen (secondary N) is 2. The molecule has 6 nitrogen and oxygen atoms in total. The SMILES string of the molecule is Cc1cc(NC(=O)NCc2ccc(Cn3cccn3)cc2)ccn1. The minimum Gasteiger partial charge on any atom is -0.334 e. The second-order valence-corrected chi connectivity index (χ2v) is 5.51. The summed E-state index contributed by atoms with van der Waals surface area (Å²) in [6, 6.07) is 13.4. The van der Waals surface area contributed by atoms with Gasteiger partial charge in [-0.3, -0.25) is 9.67 Å². The molecule has 3 rings (SSSR count). The van der Waals surface area contributed by atoms with Gasteiger partial charge in [-0.2, -0.15) is 5.10 Å². The van der Waals surface area contributed by atoms with Crippen LogP contribution in [0.3, 0.4) is 0 Å². The molecule has 1 aromatic carbocycles. The number of aromatic nitrogens is 3. The van der Waals surface area contributed by atoms with Crippen LogP contribution in [0.15, 0.2) is 61.1 Å². The zero-order valence-electron chi connectivity index (χ0n) is 13.4. The molecule has 3 aromatic rings. The molecule has 0 fully saturated rings. The van der Waals surface area contributed by atoms with Gasteiger partial charge in [-0.15, -0.1) is 0 Å². The van der Waals surface area contributed by atoms with Crippen molar-refractivity contribution in [3.8, 4) is 0 Å². The molecule has 24 heavy (non-hydrogen) atoms. The van der Waals surface area contributed by atoms with Crippen LogP contribution in [0.5, 0.6) is 0 Å². The summed E-state index contributed by atoms with van der Waals surface area (Å²) in [5.74, 6) is 0. The van der Waals surface area contributed by atoms with Crippen molar-refractivity contribution in [2.24, 2.45) is 0 Å². The van der Waals surface area contributed by atoms with Crippen molar-refractivity contribution in [1.82, 2.24) is 20.1 Å².